The lowest BCUT2D eigenvalue weighted by atomic mass is 9.67. The highest BCUT2D eigenvalue weighted by Gasteiger charge is 2.46. The van der Waals surface area contributed by atoms with Crippen LogP contribution in [0.15, 0.2) is 24.3 Å². The first-order valence-corrected chi connectivity index (χ1v) is 9.96. The molecule has 1 aliphatic carbocycles. The summed E-state index contributed by atoms with van der Waals surface area (Å²) < 4.78 is 27.0. The Morgan fingerprint density at radius 1 is 1.27 bits per heavy atom. The van der Waals surface area contributed by atoms with Crippen molar-refractivity contribution in [3.8, 4) is 0 Å². The van der Waals surface area contributed by atoms with Crippen LogP contribution in [0.4, 0.5) is 0 Å². The maximum absolute atomic E-state index is 11.1. The topological polar surface area (TPSA) is 55.4 Å². The molecule has 1 aromatic carbocycles. The lowest BCUT2D eigenvalue weighted by Crippen LogP contribution is -2.43. The molecule has 0 amide bonds. The average molecular weight is 323 g/mol. The summed E-state index contributed by atoms with van der Waals surface area (Å²) in [6.07, 6.45) is 6.44. The minimum absolute atomic E-state index is 0.285. The zero-order valence-electron chi connectivity index (χ0n) is 13.2. The molecule has 22 heavy (non-hydrogen) atoms. The van der Waals surface area contributed by atoms with E-state index in [1.165, 1.54) is 24.0 Å². The predicted octanol–water partition coefficient (Wildman–Crippen LogP) is 2.24. The van der Waals surface area contributed by atoms with E-state index in [0.29, 0.717) is 12.5 Å². The number of hydrogen-bond acceptors (Lipinski definition) is 4. The van der Waals surface area contributed by atoms with Crippen LogP contribution < -0.4 is 5.32 Å². The Morgan fingerprint density at radius 2 is 2.00 bits per heavy atom. The highest BCUT2D eigenvalue weighted by atomic mass is 32.2. The third-order valence-electron chi connectivity index (χ3n) is 5.29. The van der Waals surface area contributed by atoms with Gasteiger partial charge in [0.1, 0.15) is 0 Å². The van der Waals surface area contributed by atoms with Crippen LogP contribution in [-0.4, -0.2) is 34.4 Å². The molecule has 1 spiro atoms. The highest BCUT2D eigenvalue weighted by Crippen LogP contribution is 2.50. The summed E-state index contributed by atoms with van der Waals surface area (Å²) in [5, 5.41) is 3.47. The van der Waals surface area contributed by atoms with Crippen LogP contribution in [0.5, 0.6) is 0 Å². The fourth-order valence-corrected chi connectivity index (χ4v) is 4.75. The molecule has 0 radical (unpaired) electrons. The van der Waals surface area contributed by atoms with Gasteiger partial charge in [-0.1, -0.05) is 24.3 Å². The molecule has 122 valence electrons. The maximum atomic E-state index is 11.1. The van der Waals surface area contributed by atoms with Gasteiger partial charge in [0.2, 0.25) is 0 Å². The summed E-state index contributed by atoms with van der Waals surface area (Å²) in [6.45, 7) is 2.45. The van der Waals surface area contributed by atoms with Crippen molar-refractivity contribution in [1.82, 2.24) is 5.32 Å². The van der Waals surface area contributed by atoms with E-state index in [1.54, 1.807) is 0 Å². The van der Waals surface area contributed by atoms with E-state index in [1.807, 2.05) is 0 Å². The van der Waals surface area contributed by atoms with Crippen LogP contribution in [0.1, 0.15) is 36.8 Å². The van der Waals surface area contributed by atoms with Gasteiger partial charge in [-0.25, -0.2) is 0 Å². The van der Waals surface area contributed by atoms with E-state index in [-0.39, 0.29) is 5.41 Å². The van der Waals surface area contributed by atoms with Gasteiger partial charge in [-0.15, -0.1) is 0 Å². The molecular formula is C17H25NO3S. The Labute approximate surface area is 133 Å². The first-order chi connectivity index (χ1) is 10.5. The number of hydrogen-bond donors (Lipinski definition) is 1. The van der Waals surface area contributed by atoms with Crippen molar-refractivity contribution < 1.29 is 12.6 Å². The molecule has 1 unspecified atom stereocenters. The fourth-order valence-electron chi connectivity index (χ4n) is 4.33. The number of rotatable bonds is 5. The van der Waals surface area contributed by atoms with Crippen LogP contribution >= 0.6 is 0 Å². The van der Waals surface area contributed by atoms with E-state index in [9.17, 15) is 8.42 Å². The lowest BCUT2D eigenvalue weighted by Gasteiger charge is -2.40. The SMILES string of the molecule is CS(=O)(=O)OCCCC1Cc2ccccc2C12CCNCC2. The first kappa shape index (κ1) is 16.0. The molecule has 1 aliphatic heterocycles. The van der Waals surface area contributed by atoms with Crippen LogP contribution in [0.25, 0.3) is 0 Å². The third-order valence-corrected chi connectivity index (χ3v) is 5.89. The third kappa shape index (κ3) is 3.21. The van der Waals surface area contributed by atoms with Crippen molar-refractivity contribution in [2.45, 2.75) is 37.5 Å². The summed E-state index contributed by atoms with van der Waals surface area (Å²) in [7, 11) is -3.32. The first-order valence-electron chi connectivity index (χ1n) is 8.15. The van der Waals surface area contributed by atoms with Crippen molar-refractivity contribution in [2.75, 3.05) is 26.0 Å². The Hall–Kier alpha value is -0.910. The van der Waals surface area contributed by atoms with E-state index in [4.69, 9.17) is 4.18 Å². The van der Waals surface area contributed by atoms with E-state index in [2.05, 4.69) is 29.6 Å². The zero-order chi connectivity index (χ0) is 15.6. The van der Waals surface area contributed by atoms with E-state index >= 15 is 0 Å². The molecule has 1 atom stereocenters. The normalized spacial score (nSPS) is 23.6. The van der Waals surface area contributed by atoms with Crippen molar-refractivity contribution in [3.63, 3.8) is 0 Å². The Kier molecular flexibility index (Phi) is 4.57. The predicted molar refractivity (Wildman–Crippen MR) is 87.4 cm³/mol. The minimum atomic E-state index is -3.32. The summed E-state index contributed by atoms with van der Waals surface area (Å²) >= 11 is 0. The standard InChI is InChI=1S/C17H25NO3S/c1-22(19,20)21-12-4-6-15-13-14-5-2-3-7-16(14)17(15)8-10-18-11-9-17/h2-3,5,7,15,18H,4,6,8-13H2,1H3. The number of benzene rings is 1. The molecule has 1 saturated heterocycles. The van der Waals surface area contributed by atoms with Crippen molar-refractivity contribution in [2.24, 2.45) is 5.92 Å². The average Bonchev–Trinajstić information content (AvgIpc) is 2.78. The molecular weight excluding hydrogens is 298 g/mol. The molecule has 0 aromatic heterocycles. The molecule has 1 N–H and O–H groups in total. The zero-order valence-corrected chi connectivity index (χ0v) is 14.0. The summed E-state index contributed by atoms with van der Waals surface area (Å²) in [5.74, 6) is 0.607. The van der Waals surface area contributed by atoms with Crippen LogP contribution in [0, 0.1) is 5.92 Å². The molecule has 0 saturated carbocycles. The van der Waals surface area contributed by atoms with Gasteiger partial charge < -0.3 is 5.32 Å². The summed E-state index contributed by atoms with van der Waals surface area (Å²) in [4.78, 5) is 0. The van der Waals surface area contributed by atoms with Gasteiger partial charge in [-0.05, 0) is 62.2 Å². The second-order valence-corrected chi connectivity index (χ2v) is 8.28. The molecule has 3 rings (SSSR count). The van der Waals surface area contributed by atoms with E-state index in [0.717, 1.165) is 38.6 Å². The second-order valence-electron chi connectivity index (χ2n) is 6.63. The van der Waals surface area contributed by atoms with E-state index < -0.39 is 10.1 Å². The van der Waals surface area contributed by atoms with Gasteiger partial charge >= 0.3 is 0 Å². The van der Waals surface area contributed by atoms with Crippen LogP contribution in [0.3, 0.4) is 0 Å². The quantitative estimate of drug-likeness (QED) is 0.667. The van der Waals surface area contributed by atoms with Gasteiger partial charge in [0.25, 0.3) is 10.1 Å². The summed E-state index contributed by atoms with van der Waals surface area (Å²) in [6, 6.07) is 8.83. The smallest absolute Gasteiger partial charge is 0.264 e. The maximum Gasteiger partial charge on any atom is 0.264 e. The van der Waals surface area contributed by atoms with Crippen molar-refractivity contribution in [3.05, 3.63) is 35.4 Å². The van der Waals surface area contributed by atoms with Gasteiger partial charge in [-0.3, -0.25) is 4.18 Å². The fraction of sp³-hybridized carbons (Fsp3) is 0.647. The second kappa shape index (κ2) is 6.30. The molecule has 2 aliphatic rings. The Morgan fingerprint density at radius 3 is 2.73 bits per heavy atom. The van der Waals surface area contributed by atoms with Crippen LogP contribution in [-0.2, 0) is 26.1 Å². The molecule has 0 bridgehead atoms. The lowest BCUT2D eigenvalue weighted by molar-refractivity contribution is 0.196. The molecule has 1 fully saturated rings. The Balaban J connectivity index is 1.71. The highest BCUT2D eigenvalue weighted by molar-refractivity contribution is 7.85. The molecule has 4 nitrogen and oxygen atoms in total. The number of nitrogens with one attached hydrogen (secondary N) is 1. The van der Waals surface area contributed by atoms with Crippen molar-refractivity contribution in [1.29, 1.82) is 0 Å². The summed E-state index contributed by atoms with van der Waals surface area (Å²) in [5.41, 5.74) is 3.30. The number of piperidine rings is 1. The Bertz CT molecular complexity index is 621. The van der Waals surface area contributed by atoms with Gasteiger partial charge in [0.15, 0.2) is 0 Å². The van der Waals surface area contributed by atoms with Gasteiger partial charge in [0.05, 0.1) is 12.9 Å². The number of fused-ring (bicyclic) bond motifs is 2. The van der Waals surface area contributed by atoms with Crippen LogP contribution in [0.2, 0.25) is 0 Å². The molecule has 1 aromatic rings. The van der Waals surface area contributed by atoms with Crippen molar-refractivity contribution >= 4 is 10.1 Å². The molecule has 5 heteroatoms. The minimum Gasteiger partial charge on any atom is -0.317 e. The molecule has 1 heterocycles. The van der Waals surface area contributed by atoms with Gasteiger partial charge in [0, 0.05) is 5.41 Å². The van der Waals surface area contributed by atoms with Gasteiger partial charge in [-0.2, -0.15) is 8.42 Å². The largest absolute Gasteiger partial charge is 0.317 e. The monoisotopic (exact) mass is 323 g/mol.